The summed E-state index contributed by atoms with van der Waals surface area (Å²) in [6, 6.07) is 9.06. The number of nitrogens with zero attached hydrogens (tertiary/aromatic N) is 3. The quantitative estimate of drug-likeness (QED) is 0.699. The zero-order valence-corrected chi connectivity index (χ0v) is 14.0. The Morgan fingerprint density at radius 1 is 1.39 bits per heavy atom. The number of aromatic nitrogens is 2. The third-order valence-corrected chi connectivity index (χ3v) is 4.10. The maximum Gasteiger partial charge on any atom is 0.122 e. The van der Waals surface area contributed by atoms with Gasteiger partial charge in [0, 0.05) is 32.0 Å². The standard InChI is InChI=1S/C19H25N3O/c1-15(2)14-23-18-6-4-5-16(11-18)12-22(17-7-8-17)13-19-20-9-10-21(19)3/h4-6,9-11,17H,1,7-8,12-14H2,2-3H3. The Hall–Kier alpha value is -2.07. The minimum atomic E-state index is 0.572. The number of rotatable bonds is 8. The molecule has 1 saturated carbocycles. The highest BCUT2D eigenvalue weighted by molar-refractivity contribution is 5.29. The maximum absolute atomic E-state index is 5.76. The average molecular weight is 311 g/mol. The van der Waals surface area contributed by atoms with E-state index >= 15 is 0 Å². The van der Waals surface area contributed by atoms with Crippen LogP contribution in [0, 0.1) is 0 Å². The molecule has 0 N–H and O–H groups in total. The summed E-state index contributed by atoms with van der Waals surface area (Å²) in [7, 11) is 2.06. The van der Waals surface area contributed by atoms with Gasteiger partial charge in [-0.25, -0.2) is 4.98 Å². The maximum atomic E-state index is 5.76. The lowest BCUT2D eigenvalue weighted by Gasteiger charge is -2.22. The summed E-state index contributed by atoms with van der Waals surface area (Å²) in [5, 5.41) is 0. The van der Waals surface area contributed by atoms with Crippen molar-refractivity contribution in [3.63, 3.8) is 0 Å². The van der Waals surface area contributed by atoms with Gasteiger partial charge in [0.15, 0.2) is 0 Å². The second kappa shape index (κ2) is 7.01. The predicted octanol–water partition coefficient (Wildman–Crippen LogP) is 3.54. The van der Waals surface area contributed by atoms with Crippen LogP contribution in [0.2, 0.25) is 0 Å². The molecule has 1 aliphatic rings. The van der Waals surface area contributed by atoms with Crippen LogP contribution in [0.3, 0.4) is 0 Å². The molecular formula is C19H25N3O. The summed E-state index contributed by atoms with van der Waals surface area (Å²) in [4.78, 5) is 6.97. The van der Waals surface area contributed by atoms with Crippen molar-refractivity contribution in [3.8, 4) is 5.75 Å². The average Bonchev–Trinajstić information content (AvgIpc) is 3.30. The van der Waals surface area contributed by atoms with Gasteiger partial charge >= 0.3 is 0 Å². The van der Waals surface area contributed by atoms with Gasteiger partial charge in [0.25, 0.3) is 0 Å². The summed E-state index contributed by atoms with van der Waals surface area (Å²) in [5.74, 6) is 2.03. The Kier molecular flexibility index (Phi) is 4.82. The number of benzene rings is 1. The Bertz CT molecular complexity index is 673. The van der Waals surface area contributed by atoms with Crippen molar-refractivity contribution in [2.24, 2.45) is 7.05 Å². The Morgan fingerprint density at radius 3 is 2.87 bits per heavy atom. The van der Waals surface area contributed by atoms with E-state index in [0.717, 1.165) is 30.2 Å². The molecule has 1 aliphatic carbocycles. The molecule has 2 aromatic rings. The molecule has 4 nitrogen and oxygen atoms in total. The number of hydrogen-bond donors (Lipinski definition) is 0. The molecule has 0 saturated heterocycles. The first-order chi connectivity index (χ1) is 11.1. The van der Waals surface area contributed by atoms with Crippen molar-refractivity contribution in [2.75, 3.05) is 6.61 Å². The zero-order valence-electron chi connectivity index (χ0n) is 14.0. The summed E-state index contributed by atoms with van der Waals surface area (Å²) < 4.78 is 7.86. The molecule has 0 aliphatic heterocycles. The largest absolute Gasteiger partial charge is 0.489 e. The summed E-state index contributed by atoms with van der Waals surface area (Å²) in [5.41, 5.74) is 2.31. The van der Waals surface area contributed by atoms with Crippen molar-refractivity contribution in [2.45, 2.75) is 38.9 Å². The SMILES string of the molecule is C=C(C)COc1cccc(CN(Cc2nccn2C)C2CC2)c1. The molecule has 4 heteroatoms. The van der Waals surface area contributed by atoms with Crippen LogP contribution < -0.4 is 4.74 Å². The highest BCUT2D eigenvalue weighted by Gasteiger charge is 2.29. The summed E-state index contributed by atoms with van der Waals surface area (Å²) in [6.07, 6.45) is 6.45. The molecule has 1 aromatic heterocycles. The van der Waals surface area contributed by atoms with Gasteiger partial charge < -0.3 is 9.30 Å². The molecule has 0 bridgehead atoms. The van der Waals surface area contributed by atoms with E-state index < -0.39 is 0 Å². The first-order valence-corrected chi connectivity index (χ1v) is 8.18. The molecule has 0 unspecified atom stereocenters. The number of ether oxygens (including phenoxy) is 1. The topological polar surface area (TPSA) is 30.3 Å². The first kappa shape index (κ1) is 15.8. The fourth-order valence-electron chi connectivity index (χ4n) is 2.66. The van der Waals surface area contributed by atoms with Gasteiger partial charge in [-0.2, -0.15) is 0 Å². The number of hydrogen-bond acceptors (Lipinski definition) is 3. The lowest BCUT2D eigenvalue weighted by atomic mass is 10.2. The Balaban J connectivity index is 1.67. The molecule has 122 valence electrons. The van der Waals surface area contributed by atoms with E-state index in [0.29, 0.717) is 12.6 Å². The first-order valence-electron chi connectivity index (χ1n) is 8.18. The zero-order chi connectivity index (χ0) is 16.2. The van der Waals surface area contributed by atoms with E-state index in [1.165, 1.54) is 18.4 Å². The van der Waals surface area contributed by atoms with E-state index in [1.807, 2.05) is 25.4 Å². The van der Waals surface area contributed by atoms with Crippen LogP contribution in [0.25, 0.3) is 0 Å². The highest BCUT2D eigenvalue weighted by atomic mass is 16.5. The van der Waals surface area contributed by atoms with Gasteiger partial charge in [0.05, 0.1) is 6.54 Å². The van der Waals surface area contributed by atoms with E-state index in [2.05, 4.69) is 46.3 Å². The molecule has 1 fully saturated rings. The fraction of sp³-hybridized carbons (Fsp3) is 0.421. The molecule has 1 heterocycles. The van der Waals surface area contributed by atoms with Gasteiger partial charge in [-0.05, 0) is 43.0 Å². The predicted molar refractivity (Wildman–Crippen MR) is 92.2 cm³/mol. The van der Waals surface area contributed by atoms with Crippen LogP contribution in [-0.2, 0) is 20.1 Å². The molecule has 0 atom stereocenters. The van der Waals surface area contributed by atoms with Crippen LogP contribution in [0.5, 0.6) is 5.75 Å². The highest BCUT2D eigenvalue weighted by Crippen LogP contribution is 2.30. The summed E-state index contributed by atoms with van der Waals surface area (Å²) in [6.45, 7) is 8.26. The van der Waals surface area contributed by atoms with Gasteiger partial charge in [0.2, 0.25) is 0 Å². The normalized spacial score (nSPS) is 14.2. The van der Waals surface area contributed by atoms with Crippen LogP contribution in [0.15, 0.2) is 48.8 Å². The minimum absolute atomic E-state index is 0.572. The molecular weight excluding hydrogens is 286 g/mol. The van der Waals surface area contributed by atoms with Crippen LogP contribution >= 0.6 is 0 Å². The van der Waals surface area contributed by atoms with E-state index in [9.17, 15) is 0 Å². The van der Waals surface area contributed by atoms with Crippen molar-refractivity contribution < 1.29 is 4.74 Å². The Morgan fingerprint density at radius 2 is 2.22 bits per heavy atom. The van der Waals surface area contributed by atoms with E-state index in [4.69, 9.17) is 4.74 Å². The van der Waals surface area contributed by atoms with Crippen molar-refractivity contribution >= 4 is 0 Å². The van der Waals surface area contributed by atoms with E-state index in [1.54, 1.807) is 0 Å². The molecule has 3 rings (SSSR count). The van der Waals surface area contributed by atoms with Crippen molar-refractivity contribution in [3.05, 3.63) is 60.2 Å². The van der Waals surface area contributed by atoms with Gasteiger partial charge in [-0.3, -0.25) is 4.90 Å². The second-order valence-electron chi connectivity index (χ2n) is 6.48. The lowest BCUT2D eigenvalue weighted by Crippen LogP contribution is -2.26. The lowest BCUT2D eigenvalue weighted by molar-refractivity contribution is 0.236. The molecule has 1 aromatic carbocycles. The van der Waals surface area contributed by atoms with Crippen LogP contribution in [0.4, 0.5) is 0 Å². The third-order valence-electron chi connectivity index (χ3n) is 4.10. The molecule has 0 radical (unpaired) electrons. The van der Waals surface area contributed by atoms with Gasteiger partial charge in [0.1, 0.15) is 18.2 Å². The van der Waals surface area contributed by atoms with Gasteiger partial charge in [-0.1, -0.05) is 18.7 Å². The second-order valence-corrected chi connectivity index (χ2v) is 6.48. The number of imidazole rings is 1. The number of aryl methyl sites for hydroxylation is 1. The molecule has 23 heavy (non-hydrogen) atoms. The van der Waals surface area contributed by atoms with Crippen LogP contribution in [0.1, 0.15) is 31.2 Å². The molecule has 0 amide bonds. The third kappa shape index (κ3) is 4.45. The monoisotopic (exact) mass is 311 g/mol. The summed E-state index contributed by atoms with van der Waals surface area (Å²) >= 11 is 0. The van der Waals surface area contributed by atoms with Gasteiger partial charge in [-0.15, -0.1) is 0 Å². The Labute approximate surface area is 138 Å². The van der Waals surface area contributed by atoms with Crippen LogP contribution in [-0.4, -0.2) is 27.1 Å². The van der Waals surface area contributed by atoms with E-state index in [-0.39, 0.29) is 0 Å². The van der Waals surface area contributed by atoms with Crippen molar-refractivity contribution in [1.29, 1.82) is 0 Å². The van der Waals surface area contributed by atoms with Crippen molar-refractivity contribution in [1.82, 2.24) is 14.5 Å². The smallest absolute Gasteiger partial charge is 0.122 e. The minimum Gasteiger partial charge on any atom is -0.489 e. The molecule has 0 spiro atoms. The fourth-order valence-corrected chi connectivity index (χ4v) is 2.66.